The molecule has 0 spiro atoms. The molecule has 1 aromatic carbocycles. The first-order valence-electron chi connectivity index (χ1n) is 11.4. The van der Waals surface area contributed by atoms with E-state index >= 15 is 0 Å². The van der Waals surface area contributed by atoms with Crippen LogP contribution in [0.1, 0.15) is 70.3 Å². The smallest absolute Gasteiger partial charge is 0.273 e. The minimum Gasteiger partial charge on any atom is -0.351 e. The van der Waals surface area contributed by atoms with Gasteiger partial charge in [-0.3, -0.25) is 14.4 Å². The zero-order valence-corrected chi connectivity index (χ0v) is 19.1. The Bertz CT molecular complexity index is 1090. The van der Waals surface area contributed by atoms with Crippen LogP contribution in [0, 0.1) is 5.82 Å². The third-order valence-electron chi connectivity index (χ3n) is 6.96. The summed E-state index contributed by atoms with van der Waals surface area (Å²) in [6.07, 6.45) is 4.75. The molecule has 8 heteroatoms. The molecular weight excluding hydrogens is 411 g/mol. The fourth-order valence-corrected chi connectivity index (χ4v) is 5.20. The Morgan fingerprint density at radius 2 is 1.97 bits per heavy atom. The van der Waals surface area contributed by atoms with Crippen molar-refractivity contribution in [3.05, 3.63) is 29.7 Å². The molecule has 2 N–H and O–H groups in total. The number of hydrogen-bond donors (Lipinski definition) is 2. The number of benzene rings is 1. The van der Waals surface area contributed by atoms with Crippen molar-refractivity contribution in [2.75, 3.05) is 5.32 Å². The first-order chi connectivity index (χ1) is 15.2. The predicted molar refractivity (Wildman–Crippen MR) is 121 cm³/mol. The van der Waals surface area contributed by atoms with Crippen molar-refractivity contribution in [3.8, 4) is 0 Å². The van der Waals surface area contributed by atoms with Crippen LogP contribution in [-0.2, 0) is 16.1 Å². The van der Waals surface area contributed by atoms with Crippen LogP contribution in [-0.4, -0.2) is 44.8 Å². The van der Waals surface area contributed by atoms with Gasteiger partial charge in [0.2, 0.25) is 11.8 Å². The van der Waals surface area contributed by atoms with Gasteiger partial charge in [-0.2, -0.15) is 0 Å². The molecule has 2 aromatic rings. The van der Waals surface area contributed by atoms with E-state index in [1.807, 2.05) is 13.8 Å². The van der Waals surface area contributed by atoms with Crippen molar-refractivity contribution in [1.29, 1.82) is 0 Å². The van der Waals surface area contributed by atoms with E-state index in [4.69, 9.17) is 0 Å². The summed E-state index contributed by atoms with van der Waals surface area (Å²) < 4.78 is 15.9. The number of anilines is 1. The summed E-state index contributed by atoms with van der Waals surface area (Å²) in [6.45, 7) is 7.28. The van der Waals surface area contributed by atoms with E-state index in [9.17, 15) is 18.8 Å². The van der Waals surface area contributed by atoms with Gasteiger partial charge >= 0.3 is 0 Å². The Hall–Kier alpha value is -2.90. The van der Waals surface area contributed by atoms with Crippen molar-refractivity contribution in [3.63, 3.8) is 0 Å². The Kier molecular flexibility index (Phi) is 5.73. The number of fused-ring (bicyclic) bond motifs is 3. The van der Waals surface area contributed by atoms with Crippen molar-refractivity contribution < 1.29 is 18.8 Å². The third-order valence-corrected chi connectivity index (χ3v) is 6.96. The number of carbonyl (C=O) groups excluding carboxylic acids is 3. The van der Waals surface area contributed by atoms with Crippen molar-refractivity contribution in [2.45, 2.75) is 84.0 Å². The summed E-state index contributed by atoms with van der Waals surface area (Å²) in [6, 6.07) is 4.17. The van der Waals surface area contributed by atoms with Crippen molar-refractivity contribution in [1.82, 2.24) is 14.8 Å². The Morgan fingerprint density at radius 1 is 1.28 bits per heavy atom. The van der Waals surface area contributed by atoms with E-state index in [2.05, 4.69) is 10.6 Å². The van der Waals surface area contributed by atoms with Gasteiger partial charge in [-0.25, -0.2) is 4.39 Å². The summed E-state index contributed by atoms with van der Waals surface area (Å²) >= 11 is 0. The van der Waals surface area contributed by atoms with Crippen LogP contribution in [0.5, 0.6) is 0 Å². The van der Waals surface area contributed by atoms with Gasteiger partial charge in [-0.15, -0.1) is 0 Å². The van der Waals surface area contributed by atoms with Crippen LogP contribution in [0.3, 0.4) is 0 Å². The number of carbonyl (C=O) groups is 3. The fourth-order valence-electron chi connectivity index (χ4n) is 5.20. The molecule has 2 aliphatic rings. The van der Waals surface area contributed by atoms with Crippen LogP contribution in [0.2, 0.25) is 0 Å². The lowest BCUT2D eigenvalue weighted by Crippen LogP contribution is -2.66. The molecule has 1 fully saturated rings. The largest absolute Gasteiger partial charge is 0.351 e. The number of amides is 3. The van der Waals surface area contributed by atoms with E-state index < -0.39 is 11.4 Å². The first-order valence-corrected chi connectivity index (χ1v) is 11.4. The van der Waals surface area contributed by atoms with Gasteiger partial charge in [-0.1, -0.05) is 19.8 Å². The van der Waals surface area contributed by atoms with Gasteiger partial charge in [0.15, 0.2) is 0 Å². The van der Waals surface area contributed by atoms with E-state index in [0.717, 1.165) is 25.7 Å². The van der Waals surface area contributed by atoms with E-state index in [1.165, 1.54) is 19.1 Å². The Labute approximate surface area is 187 Å². The maximum Gasteiger partial charge on any atom is 0.273 e. The second-order valence-electron chi connectivity index (χ2n) is 9.31. The number of hydrogen-bond acceptors (Lipinski definition) is 3. The minimum absolute atomic E-state index is 0.125. The van der Waals surface area contributed by atoms with Crippen molar-refractivity contribution >= 4 is 34.3 Å². The summed E-state index contributed by atoms with van der Waals surface area (Å²) in [5, 5.41) is 6.35. The minimum atomic E-state index is -1.12. The normalized spacial score (nSPS) is 22.2. The van der Waals surface area contributed by atoms with Crippen LogP contribution >= 0.6 is 0 Å². The zero-order chi connectivity index (χ0) is 23.2. The summed E-state index contributed by atoms with van der Waals surface area (Å²) in [4.78, 5) is 41.1. The number of nitrogens with one attached hydrogen (secondary N) is 2. The van der Waals surface area contributed by atoms with Crippen LogP contribution < -0.4 is 10.6 Å². The quantitative estimate of drug-likeness (QED) is 0.739. The SMILES string of the molecule is CC[C@@H](C)N1C(=O)c2c(NC(C)=O)c3cc(F)ccc3n2C[C@@]1(C)C(=O)NC1CCCC1. The summed E-state index contributed by atoms with van der Waals surface area (Å²) in [5.41, 5.74) is 0.0774. The molecular formula is C24H31FN4O3. The molecule has 4 rings (SSSR count). The lowest BCUT2D eigenvalue weighted by atomic mass is 9.91. The summed E-state index contributed by atoms with van der Waals surface area (Å²) in [7, 11) is 0. The van der Waals surface area contributed by atoms with Gasteiger partial charge in [0, 0.05) is 24.4 Å². The van der Waals surface area contributed by atoms with Crippen LogP contribution in [0.4, 0.5) is 10.1 Å². The van der Waals surface area contributed by atoms with Crippen LogP contribution in [0.15, 0.2) is 18.2 Å². The molecule has 0 unspecified atom stereocenters. The third kappa shape index (κ3) is 3.55. The van der Waals surface area contributed by atoms with E-state index in [-0.39, 0.29) is 42.0 Å². The average molecular weight is 443 g/mol. The average Bonchev–Trinajstić information content (AvgIpc) is 3.34. The highest BCUT2D eigenvalue weighted by molar-refractivity contribution is 6.14. The number of aromatic nitrogens is 1. The second-order valence-corrected chi connectivity index (χ2v) is 9.31. The van der Waals surface area contributed by atoms with Gasteiger partial charge in [0.25, 0.3) is 5.91 Å². The molecule has 32 heavy (non-hydrogen) atoms. The van der Waals surface area contributed by atoms with Gasteiger partial charge in [0.1, 0.15) is 17.1 Å². The number of rotatable bonds is 5. The molecule has 0 bridgehead atoms. The van der Waals surface area contributed by atoms with E-state index in [0.29, 0.717) is 23.0 Å². The van der Waals surface area contributed by atoms with Crippen LogP contribution in [0.25, 0.3) is 10.9 Å². The lowest BCUT2D eigenvalue weighted by Gasteiger charge is -2.47. The molecule has 2 heterocycles. The molecule has 1 saturated carbocycles. The molecule has 1 aliphatic carbocycles. The number of halogens is 1. The summed E-state index contributed by atoms with van der Waals surface area (Å²) in [5.74, 6) is -1.32. The zero-order valence-electron chi connectivity index (χ0n) is 19.1. The molecule has 3 amide bonds. The van der Waals surface area contributed by atoms with E-state index in [1.54, 1.807) is 22.5 Å². The Balaban J connectivity index is 1.88. The topological polar surface area (TPSA) is 83.4 Å². The molecule has 172 valence electrons. The van der Waals surface area contributed by atoms with Crippen molar-refractivity contribution in [2.24, 2.45) is 0 Å². The molecule has 2 atom stereocenters. The first kappa shape index (κ1) is 22.3. The second kappa shape index (κ2) is 8.22. The molecule has 0 saturated heterocycles. The molecule has 7 nitrogen and oxygen atoms in total. The maximum atomic E-state index is 14.1. The Morgan fingerprint density at radius 3 is 2.59 bits per heavy atom. The molecule has 1 aliphatic heterocycles. The van der Waals surface area contributed by atoms with Gasteiger partial charge in [-0.05, 0) is 51.3 Å². The molecule has 0 radical (unpaired) electrons. The van der Waals surface area contributed by atoms with Gasteiger partial charge in [0.05, 0.1) is 17.7 Å². The highest BCUT2D eigenvalue weighted by Gasteiger charge is 2.50. The maximum absolute atomic E-state index is 14.1. The lowest BCUT2D eigenvalue weighted by molar-refractivity contribution is -0.134. The van der Waals surface area contributed by atoms with Gasteiger partial charge < -0.3 is 20.1 Å². The molecule has 1 aromatic heterocycles. The highest BCUT2D eigenvalue weighted by atomic mass is 19.1. The number of nitrogens with zero attached hydrogens (tertiary/aromatic N) is 2. The highest BCUT2D eigenvalue weighted by Crippen LogP contribution is 2.40. The fraction of sp³-hybridized carbons (Fsp3) is 0.542. The predicted octanol–water partition coefficient (Wildman–Crippen LogP) is 3.81. The standard InChI is InChI=1S/C24H31FN4O3/c1-5-14(2)29-22(31)21-20(26-15(3)30)18-12-16(25)10-11-19(18)28(21)13-24(29,4)23(32)27-17-8-6-7-9-17/h10-12,14,17H,5-9,13H2,1-4H3,(H,26,30)(H,27,32)/t14-,24+/m1/s1. The monoisotopic (exact) mass is 442 g/mol.